The van der Waals surface area contributed by atoms with Gasteiger partial charge in [0.15, 0.2) is 23.3 Å². The van der Waals surface area contributed by atoms with Crippen LogP contribution >= 0.6 is 0 Å². The Kier molecular flexibility index (Phi) is 18.6. The van der Waals surface area contributed by atoms with E-state index in [2.05, 4.69) is 43.3 Å². The fourth-order valence-electron chi connectivity index (χ4n) is 6.87. The number of nitrogens with one attached hydrogen (secondary N) is 2. The number of hydrogen-bond donors (Lipinski definition) is 2. The Bertz CT molecular complexity index is 3070. The van der Waals surface area contributed by atoms with Crippen molar-refractivity contribution in [3.8, 4) is 24.2 Å². The number of amides is 3. The largest absolute Gasteiger partial charge is 0.444 e. The van der Waals surface area contributed by atoms with Crippen molar-refractivity contribution in [1.29, 1.82) is 0 Å². The Balaban J connectivity index is 0.000000318. The summed E-state index contributed by atoms with van der Waals surface area (Å²) in [6, 6.07) is 12.1. The zero-order valence-corrected chi connectivity index (χ0v) is 39.2. The number of ether oxygens (including phenoxy) is 1. The summed E-state index contributed by atoms with van der Waals surface area (Å²) in [4.78, 5) is 80.6. The van der Waals surface area contributed by atoms with Crippen LogP contribution in [0.2, 0.25) is 0 Å². The molecule has 0 saturated carbocycles. The van der Waals surface area contributed by atoms with Crippen LogP contribution in [0, 0.1) is 53.4 Å². The summed E-state index contributed by atoms with van der Waals surface area (Å²) in [5.74, 6) is 3.17. The summed E-state index contributed by atoms with van der Waals surface area (Å²) < 4.78 is 60.6. The number of rotatable bonds is 10. The van der Waals surface area contributed by atoms with E-state index in [0.29, 0.717) is 41.2 Å². The van der Waals surface area contributed by atoms with E-state index in [4.69, 9.17) is 16.1 Å². The molecule has 364 valence electrons. The number of terminal acetylenes is 1. The number of nitrogens with zero attached hydrogens (tertiary/aromatic N) is 7. The highest BCUT2D eigenvalue weighted by atomic mass is 19.2. The van der Waals surface area contributed by atoms with E-state index in [9.17, 15) is 41.5 Å². The molecule has 1 saturated heterocycles. The molecule has 3 aromatic carbocycles. The predicted molar refractivity (Wildman–Crippen MR) is 253 cm³/mol. The first-order valence-electron chi connectivity index (χ1n) is 22.2. The first-order chi connectivity index (χ1) is 33.5. The number of aromatic nitrogens is 6. The standard InChI is InChI=1S/C34H34F2N6O4.C15H11F2N3O2.C2H6/c1-34(2,3)46-33(45)41-13-10-23(11-14-41)15-25-18-39-29-9-7-22(17-30(29)40-25)5-4-12-38-31(43)26-19-37-21-42(32(26)44)20-24-6-8-27(35)28(36)16-24;1-2-5-19-14(21)11-7-18-9-20(15(11)22)8-10-3-4-12(16)13(17)6-10;1-2/h6-9,16-19,21,23H,10-15,20H2,1-3H3,(H,38,43);1,3-4,6-7,9H,5,8H2,(H,19,21);1-2H3. The molecular weight excluding hydrogens is 911 g/mol. The van der Waals surface area contributed by atoms with Crippen LogP contribution in [-0.4, -0.2) is 83.7 Å². The average molecular weight is 962 g/mol. The van der Waals surface area contributed by atoms with E-state index in [-0.39, 0.29) is 43.4 Å². The lowest BCUT2D eigenvalue weighted by Crippen LogP contribution is -2.42. The first kappa shape index (κ1) is 52.8. The van der Waals surface area contributed by atoms with Crippen molar-refractivity contribution >= 4 is 28.9 Å². The SMILES string of the molecule is C#CCNC(=O)c1cncn(Cc2ccc(F)c(F)c2)c1=O.CC.CC(C)(C)OC(=O)N1CCC(Cc2cnc3ccc(C#CCNC(=O)c4cncn(Cc5ccc(F)c(F)c5)c4=O)cc3n2)CC1. The van der Waals surface area contributed by atoms with Crippen molar-refractivity contribution in [3.05, 3.63) is 163 Å². The fraction of sp³-hybridized carbons (Fsp3) is 0.314. The molecule has 1 fully saturated rings. The topological polar surface area (TPSA) is 183 Å². The molecule has 0 radical (unpaired) electrons. The smallest absolute Gasteiger partial charge is 0.410 e. The van der Waals surface area contributed by atoms with E-state index in [1.54, 1.807) is 11.1 Å². The minimum Gasteiger partial charge on any atom is -0.444 e. The van der Waals surface area contributed by atoms with Crippen LogP contribution in [0.15, 0.2) is 95.4 Å². The van der Waals surface area contributed by atoms with Gasteiger partial charge >= 0.3 is 6.09 Å². The van der Waals surface area contributed by atoms with Gasteiger partial charge in [-0.3, -0.25) is 33.3 Å². The summed E-state index contributed by atoms with van der Waals surface area (Å²) in [5, 5.41) is 4.95. The van der Waals surface area contributed by atoms with Crippen LogP contribution in [0.3, 0.4) is 0 Å². The number of piperidine rings is 1. The number of carbonyl (C=O) groups excluding carboxylic acids is 3. The quantitative estimate of drug-likeness (QED) is 0.114. The molecular formula is C51H51F4N9O6. The van der Waals surface area contributed by atoms with Gasteiger partial charge < -0.3 is 20.3 Å². The van der Waals surface area contributed by atoms with Crippen molar-refractivity contribution in [1.82, 2.24) is 44.6 Å². The number of likely N-dealkylation sites (tertiary alicyclic amines) is 1. The van der Waals surface area contributed by atoms with Crippen LogP contribution in [0.5, 0.6) is 0 Å². The molecule has 0 aliphatic carbocycles. The zero-order valence-electron chi connectivity index (χ0n) is 39.2. The lowest BCUT2D eigenvalue weighted by atomic mass is 9.92. The van der Waals surface area contributed by atoms with Crippen LogP contribution in [0.1, 0.15) is 90.6 Å². The number of benzene rings is 3. The second-order valence-corrected chi connectivity index (χ2v) is 16.5. The van der Waals surface area contributed by atoms with Crippen molar-refractivity contribution in [2.24, 2.45) is 5.92 Å². The molecule has 7 rings (SSSR count). The Morgan fingerprint density at radius 3 is 1.80 bits per heavy atom. The maximum Gasteiger partial charge on any atom is 0.410 e. The van der Waals surface area contributed by atoms with Gasteiger partial charge in [-0.1, -0.05) is 43.7 Å². The second kappa shape index (κ2) is 24.7. The maximum absolute atomic E-state index is 13.6. The molecule has 1 aliphatic rings. The van der Waals surface area contributed by atoms with Crippen LogP contribution in [0.25, 0.3) is 11.0 Å². The monoisotopic (exact) mass is 961 g/mol. The van der Waals surface area contributed by atoms with Gasteiger partial charge in [-0.15, -0.1) is 6.42 Å². The minimum absolute atomic E-state index is 0.0175. The predicted octanol–water partition coefficient (Wildman–Crippen LogP) is 6.44. The molecule has 0 spiro atoms. The minimum atomic E-state index is -1.03. The molecule has 2 N–H and O–H groups in total. The van der Waals surface area contributed by atoms with Gasteiger partial charge in [0.2, 0.25) is 0 Å². The van der Waals surface area contributed by atoms with Gasteiger partial charge in [-0.05, 0) is 99.5 Å². The Morgan fingerprint density at radius 1 is 0.743 bits per heavy atom. The molecule has 3 amide bonds. The van der Waals surface area contributed by atoms with Gasteiger partial charge in [0.1, 0.15) is 16.7 Å². The third kappa shape index (κ3) is 14.9. The van der Waals surface area contributed by atoms with Crippen molar-refractivity contribution in [3.63, 3.8) is 0 Å². The number of fused-ring (bicyclic) bond motifs is 1. The van der Waals surface area contributed by atoms with E-state index in [0.717, 1.165) is 76.3 Å². The Hall–Kier alpha value is -8.19. The second-order valence-electron chi connectivity index (χ2n) is 16.5. The molecule has 0 unspecified atom stereocenters. The molecule has 0 atom stereocenters. The van der Waals surface area contributed by atoms with Gasteiger partial charge in [0.05, 0.1) is 55.6 Å². The third-order valence-electron chi connectivity index (χ3n) is 10.2. The highest BCUT2D eigenvalue weighted by Gasteiger charge is 2.27. The Labute approximate surface area is 401 Å². The maximum atomic E-state index is 13.6. The van der Waals surface area contributed by atoms with Crippen LogP contribution in [0.4, 0.5) is 22.4 Å². The third-order valence-corrected chi connectivity index (χ3v) is 10.2. The van der Waals surface area contributed by atoms with Crippen molar-refractivity contribution < 1.29 is 36.7 Å². The van der Waals surface area contributed by atoms with Crippen molar-refractivity contribution in [2.45, 2.75) is 72.6 Å². The zero-order chi connectivity index (χ0) is 51.0. The summed E-state index contributed by atoms with van der Waals surface area (Å²) in [7, 11) is 0. The Morgan fingerprint density at radius 2 is 1.29 bits per heavy atom. The molecule has 70 heavy (non-hydrogen) atoms. The van der Waals surface area contributed by atoms with Gasteiger partial charge in [-0.2, -0.15) is 0 Å². The molecule has 19 heteroatoms. The lowest BCUT2D eigenvalue weighted by Gasteiger charge is -2.33. The van der Waals surface area contributed by atoms with Crippen molar-refractivity contribution in [2.75, 3.05) is 26.2 Å². The van der Waals surface area contributed by atoms with Crippen LogP contribution < -0.4 is 21.8 Å². The summed E-state index contributed by atoms with van der Waals surface area (Å²) >= 11 is 0. The van der Waals surface area contributed by atoms with E-state index in [1.807, 2.05) is 52.8 Å². The van der Waals surface area contributed by atoms with Gasteiger partial charge in [-0.25, -0.2) is 37.3 Å². The summed E-state index contributed by atoms with van der Waals surface area (Å²) in [6.07, 6.45) is 13.7. The van der Waals surface area contributed by atoms with E-state index < -0.39 is 51.8 Å². The van der Waals surface area contributed by atoms with Gasteiger partial charge in [0.25, 0.3) is 22.9 Å². The number of halogens is 4. The summed E-state index contributed by atoms with van der Waals surface area (Å²) in [6.45, 7) is 10.7. The normalized spacial score (nSPS) is 12.2. The molecule has 15 nitrogen and oxygen atoms in total. The molecule has 3 aromatic heterocycles. The highest BCUT2D eigenvalue weighted by Crippen LogP contribution is 2.23. The lowest BCUT2D eigenvalue weighted by molar-refractivity contribution is 0.0183. The van der Waals surface area contributed by atoms with E-state index >= 15 is 0 Å². The molecule has 1 aliphatic heterocycles. The highest BCUT2D eigenvalue weighted by molar-refractivity contribution is 5.94. The van der Waals surface area contributed by atoms with Crippen LogP contribution in [-0.2, 0) is 24.2 Å². The first-order valence-corrected chi connectivity index (χ1v) is 22.2. The van der Waals surface area contributed by atoms with Gasteiger partial charge in [0, 0.05) is 37.2 Å². The molecule has 0 bridgehead atoms. The number of carbonyl (C=O) groups is 3. The molecule has 6 aromatic rings. The average Bonchev–Trinajstić information content (AvgIpc) is 3.33. The molecule has 4 heterocycles. The summed E-state index contributed by atoms with van der Waals surface area (Å²) in [5.41, 5.74) is 1.59. The number of hydrogen-bond acceptors (Lipinski definition) is 10. The fourth-order valence-corrected chi connectivity index (χ4v) is 6.87. The van der Waals surface area contributed by atoms with E-state index in [1.165, 1.54) is 24.8 Å².